The fourth-order valence-electron chi connectivity index (χ4n) is 1.98. The van der Waals surface area contributed by atoms with Gasteiger partial charge in [-0.2, -0.15) is 0 Å². The Kier molecular flexibility index (Phi) is 4.71. The molecule has 1 aromatic rings. The van der Waals surface area contributed by atoms with Gasteiger partial charge in [-0.25, -0.2) is 0 Å². The van der Waals surface area contributed by atoms with E-state index < -0.39 is 0 Å². The highest BCUT2D eigenvalue weighted by molar-refractivity contribution is 6.29. The van der Waals surface area contributed by atoms with Gasteiger partial charge in [0.15, 0.2) is 0 Å². The molecule has 4 N–H and O–H groups in total. The second-order valence-corrected chi connectivity index (χ2v) is 4.71. The van der Waals surface area contributed by atoms with Gasteiger partial charge in [0.1, 0.15) is 5.16 Å². The van der Waals surface area contributed by atoms with E-state index in [2.05, 4.69) is 4.90 Å². The van der Waals surface area contributed by atoms with Crippen LogP contribution >= 0.6 is 11.6 Å². The van der Waals surface area contributed by atoms with Crippen molar-refractivity contribution in [2.45, 2.75) is 0 Å². The molecule has 1 heterocycles. The summed E-state index contributed by atoms with van der Waals surface area (Å²) in [4.78, 5) is 2.08. The number of rotatable bonds is 3. The minimum Gasteiger partial charge on any atom is -0.398 e. The number of allylic oxidation sites excluding steroid dienone is 1. The lowest BCUT2D eigenvalue weighted by Gasteiger charge is -2.30. The molecule has 0 spiro atoms. The summed E-state index contributed by atoms with van der Waals surface area (Å²) in [5, 5.41) is 0.251. The van der Waals surface area contributed by atoms with E-state index in [1.54, 1.807) is 0 Å². The molecule has 19 heavy (non-hydrogen) atoms. The zero-order valence-electron chi connectivity index (χ0n) is 10.7. The Morgan fingerprint density at radius 1 is 1.16 bits per heavy atom. The largest absolute Gasteiger partial charge is 0.398 e. The van der Waals surface area contributed by atoms with Gasteiger partial charge >= 0.3 is 0 Å². The van der Waals surface area contributed by atoms with Crippen LogP contribution in [-0.4, -0.2) is 31.2 Å². The molecule has 2 rings (SSSR count). The molecule has 0 unspecified atom stereocenters. The third-order valence-electron chi connectivity index (χ3n) is 3.00. The van der Waals surface area contributed by atoms with Crippen LogP contribution in [0.1, 0.15) is 5.56 Å². The summed E-state index contributed by atoms with van der Waals surface area (Å²) < 4.78 is 5.32. The van der Waals surface area contributed by atoms with Crippen molar-refractivity contribution in [3.63, 3.8) is 0 Å². The van der Waals surface area contributed by atoms with Gasteiger partial charge in [-0.1, -0.05) is 41.9 Å². The Labute approximate surface area is 118 Å². The average molecular weight is 280 g/mol. The highest BCUT2D eigenvalue weighted by Gasteiger charge is 2.15. The van der Waals surface area contributed by atoms with Crippen molar-refractivity contribution in [1.82, 2.24) is 4.90 Å². The molecule has 1 aliphatic heterocycles. The van der Waals surface area contributed by atoms with Crippen molar-refractivity contribution in [1.29, 1.82) is 0 Å². The van der Waals surface area contributed by atoms with Gasteiger partial charge in [0.05, 0.1) is 18.9 Å². The highest BCUT2D eigenvalue weighted by atomic mass is 35.5. The van der Waals surface area contributed by atoms with Crippen LogP contribution in [0.25, 0.3) is 5.70 Å². The molecule has 1 saturated heterocycles. The first-order valence-electron chi connectivity index (χ1n) is 6.19. The molecule has 0 bridgehead atoms. The second kappa shape index (κ2) is 6.50. The third kappa shape index (κ3) is 3.66. The number of benzene rings is 1. The molecule has 1 fully saturated rings. The standard InChI is InChI=1S/C14H18ClN3O/c15-14(17)13(18-6-8-19-9-7-18)10-12(16)11-4-2-1-3-5-11/h1-5,10H,6-9,16-17H2/b12-10-,14-13+. The number of nitrogens with two attached hydrogens (primary N) is 2. The van der Waals surface area contributed by atoms with E-state index in [0.29, 0.717) is 18.9 Å². The molecule has 0 aliphatic carbocycles. The van der Waals surface area contributed by atoms with Crippen LogP contribution in [0.5, 0.6) is 0 Å². The van der Waals surface area contributed by atoms with Crippen molar-refractivity contribution in [2.75, 3.05) is 26.3 Å². The summed E-state index contributed by atoms with van der Waals surface area (Å²) in [5.74, 6) is 0. The molecular weight excluding hydrogens is 262 g/mol. The van der Waals surface area contributed by atoms with Crippen molar-refractivity contribution in [3.8, 4) is 0 Å². The normalized spacial score (nSPS) is 18.2. The maximum Gasteiger partial charge on any atom is 0.123 e. The fraction of sp³-hybridized carbons (Fsp3) is 0.286. The lowest BCUT2D eigenvalue weighted by molar-refractivity contribution is 0.0551. The average Bonchev–Trinajstić information content (AvgIpc) is 2.46. The summed E-state index contributed by atoms with van der Waals surface area (Å²) in [5.41, 5.74) is 14.2. The van der Waals surface area contributed by atoms with Gasteiger partial charge in [-0.05, 0) is 11.6 Å². The Bertz CT molecular complexity index is 475. The quantitative estimate of drug-likeness (QED) is 0.653. The van der Waals surface area contributed by atoms with Crippen LogP contribution in [0, 0.1) is 0 Å². The Balaban J connectivity index is 2.24. The summed E-state index contributed by atoms with van der Waals surface area (Å²) in [6.45, 7) is 2.88. The molecular formula is C14H18ClN3O. The van der Waals surface area contributed by atoms with Crippen LogP contribution in [0.4, 0.5) is 0 Å². The third-order valence-corrected chi connectivity index (χ3v) is 3.19. The lowest BCUT2D eigenvalue weighted by atomic mass is 10.1. The lowest BCUT2D eigenvalue weighted by Crippen LogP contribution is -2.36. The molecule has 0 saturated carbocycles. The van der Waals surface area contributed by atoms with Gasteiger partial charge < -0.3 is 21.1 Å². The number of nitrogens with zero attached hydrogens (tertiary/aromatic N) is 1. The smallest absolute Gasteiger partial charge is 0.123 e. The summed E-state index contributed by atoms with van der Waals surface area (Å²) in [6, 6.07) is 9.74. The topological polar surface area (TPSA) is 64.5 Å². The summed E-state index contributed by atoms with van der Waals surface area (Å²) in [7, 11) is 0. The van der Waals surface area contributed by atoms with E-state index in [4.69, 9.17) is 27.8 Å². The number of ether oxygens (including phenoxy) is 1. The summed E-state index contributed by atoms with van der Waals surface area (Å²) >= 11 is 5.98. The van der Waals surface area contributed by atoms with Crippen molar-refractivity contribution in [3.05, 3.63) is 52.8 Å². The number of halogens is 1. The van der Waals surface area contributed by atoms with E-state index in [-0.39, 0.29) is 5.16 Å². The highest BCUT2D eigenvalue weighted by Crippen LogP contribution is 2.18. The molecule has 4 nitrogen and oxygen atoms in total. The van der Waals surface area contributed by atoms with E-state index in [1.165, 1.54) is 0 Å². The van der Waals surface area contributed by atoms with E-state index in [0.717, 1.165) is 24.4 Å². The van der Waals surface area contributed by atoms with Gasteiger partial charge in [-0.3, -0.25) is 0 Å². The van der Waals surface area contributed by atoms with Crippen LogP contribution < -0.4 is 11.5 Å². The fourth-order valence-corrected chi connectivity index (χ4v) is 2.15. The van der Waals surface area contributed by atoms with Crippen LogP contribution in [0.3, 0.4) is 0 Å². The monoisotopic (exact) mass is 279 g/mol. The zero-order chi connectivity index (χ0) is 13.7. The minimum atomic E-state index is 0.251. The molecule has 0 amide bonds. The van der Waals surface area contributed by atoms with E-state index in [9.17, 15) is 0 Å². The summed E-state index contributed by atoms with van der Waals surface area (Å²) in [6.07, 6.45) is 1.82. The first-order valence-corrected chi connectivity index (χ1v) is 6.57. The zero-order valence-corrected chi connectivity index (χ0v) is 11.4. The Hall–Kier alpha value is -1.65. The van der Waals surface area contributed by atoms with Gasteiger partial charge in [-0.15, -0.1) is 0 Å². The van der Waals surface area contributed by atoms with Gasteiger partial charge in [0.2, 0.25) is 0 Å². The molecule has 0 radical (unpaired) electrons. The van der Waals surface area contributed by atoms with Crippen LogP contribution in [0.15, 0.2) is 47.3 Å². The Morgan fingerprint density at radius 3 is 2.37 bits per heavy atom. The second-order valence-electron chi connectivity index (χ2n) is 4.30. The van der Waals surface area contributed by atoms with Gasteiger partial charge in [0.25, 0.3) is 0 Å². The molecule has 0 aromatic heterocycles. The van der Waals surface area contributed by atoms with E-state index >= 15 is 0 Å². The van der Waals surface area contributed by atoms with Crippen molar-refractivity contribution < 1.29 is 4.74 Å². The molecule has 0 atom stereocenters. The maximum atomic E-state index is 6.10. The maximum absolute atomic E-state index is 6.10. The molecule has 5 heteroatoms. The number of morpholine rings is 1. The molecule has 1 aliphatic rings. The minimum absolute atomic E-state index is 0.251. The van der Waals surface area contributed by atoms with Crippen LogP contribution in [-0.2, 0) is 4.74 Å². The van der Waals surface area contributed by atoms with Crippen molar-refractivity contribution in [2.24, 2.45) is 11.5 Å². The van der Waals surface area contributed by atoms with E-state index in [1.807, 2.05) is 36.4 Å². The number of hydrogen-bond donors (Lipinski definition) is 2. The SMILES string of the molecule is N/C(=C\C(=C(/N)Cl)N1CCOCC1)c1ccccc1. The Morgan fingerprint density at radius 2 is 1.79 bits per heavy atom. The molecule has 102 valence electrons. The number of hydrogen-bond acceptors (Lipinski definition) is 4. The first kappa shape index (κ1) is 13.8. The predicted molar refractivity (Wildman–Crippen MR) is 78.1 cm³/mol. The van der Waals surface area contributed by atoms with Gasteiger partial charge in [0, 0.05) is 18.8 Å². The first-order chi connectivity index (χ1) is 9.18. The predicted octanol–water partition coefficient (Wildman–Crippen LogP) is 1.68. The van der Waals surface area contributed by atoms with Crippen LogP contribution in [0.2, 0.25) is 0 Å². The van der Waals surface area contributed by atoms with Crippen molar-refractivity contribution >= 4 is 17.3 Å². The molecule has 1 aromatic carbocycles.